The van der Waals surface area contributed by atoms with Crippen molar-refractivity contribution < 1.29 is 4.74 Å². The summed E-state index contributed by atoms with van der Waals surface area (Å²) in [5.41, 5.74) is 1.06. The summed E-state index contributed by atoms with van der Waals surface area (Å²) in [5.74, 6) is 0. The highest BCUT2D eigenvalue weighted by Gasteiger charge is 2.17. The quantitative estimate of drug-likeness (QED) is 0.806. The maximum atomic E-state index is 6.17. The van der Waals surface area contributed by atoms with Crippen LogP contribution in [-0.4, -0.2) is 32.1 Å². The number of likely N-dealkylation sites (N-methyl/N-ethyl adjacent to an activating group) is 1. The van der Waals surface area contributed by atoms with Crippen LogP contribution in [0.1, 0.15) is 6.92 Å². The number of para-hydroxylation sites is 1. The van der Waals surface area contributed by atoms with Gasteiger partial charge in [-0.15, -0.1) is 0 Å². The van der Waals surface area contributed by atoms with Crippen molar-refractivity contribution in [3.63, 3.8) is 0 Å². The van der Waals surface area contributed by atoms with Gasteiger partial charge in [-0.3, -0.25) is 0 Å². The van der Waals surface area contributed by atoms with Crippen LogP contribution in [-0.2, 0) is 4.74 Å². The van der Waals surface area contributed by atoms with Crippen molar-refractivity contribution in [2.45, 2.75) is 13.0 Å². The van der Waals surface area contributed by atoms with Gasteiger partial charge in [-0.2, -0.15) is 0 Å². The molecule has 86 valence electrons. The summed E-state index contributed by atoms with van der Waals surface area (Å²) < 4.78 is 5.12. The van der Waals surface area contributed by atoms with Crippen molar-refractivity contribution in [3.8, 4) is 0 Å². The van der Waals surface area contributed by atoms with Crippen molar-refractivity contribution in [1.82, 2.24) is 0 Å². The summed E-state index contributed by atoms with van der Waals surface area (Å²) in [4.78, 5) is 6.47. The zero-order chi connectivity index (χ0) is 11.4. The number of anilines is 1. The summed E-state index contributed by atoms with van der Waals surface area (Å²) in [6, 6.07) is 8.10. The molecular formula is C12H15ClN2O. The first kappa shape index (κ1) is 11.3. The number of aliphatic imine (C=N–C) groups is 1. The number of ether oxygens (including phenoxy) is 1. The molecule has 16 heavy (non-hydrogen) atoms. The van der Waals surface area contributed by atoms with E-state index in [1.807, 2.05) is 24.3 Å². The van der Waals surface area contributed by atoms with Crippen molar-refractivity contribution in [2.75, 3.05) is 24.6 Å². The molecule has 0 spiro atoms. The Balaban J connectivity index is 2.10. The van der Waals surface area contributed by atoms with E-state index in [4.69, 9.17) is 16.3 Å². The molecule has 2 rings (SSSR count). The SMILES string of the molecule is CCN(CC1COC=N1)c1ccccc1Cl. The van der Waals surface area contributed by atoms with E-state index >= 15 is 0 Å². The van der Waals surface area contributed by atoms with Crippen LogP contribution in [0.4, 0.5) is 5.69 Å². The normalized spacial score (nSPS) is 18.5. The lowest BCUT2D eigenvalue weighted by atomic mass is 10.2. The lowest BCUT2D eigenvalue weighted by molar-refractivity contribution is 0.328. The number of benzene rings is 1. The van der Waals surface area contributed by atoms with E-state index in [0.717, 1.165) is 23.8 Å². The molecule has 0 N–H and O–H groups in total. The first-order valence-electron chi connectivity index (χ1n) is 5.44. The second-order valence-corrected chi connectivity index (χ2v) is 4.14. The van der Waals surface area contributed by atoms with Crippen molar-refractivity contribution in [1.29, 1.82) is 0 Å². The van der Waals surface area contributed by atoms with Gasteiger partial charge in [-0.1, -0.05) is 23.7 Å². The highest BCUT2D eigenvalue weighted by molar-refractivity contribution is 6.33. The number of hydrogen-bond acceptors (Lipinski definition) is 3. The minimum absolute atomic E-state index is 0.219. The van der Waals surface area contributed by atoms with Gasteiger partial charge in [0, 0.05) is 13.1 Å². The van der Waals surface area contributed by atoms with Gasteiger partial charge in [0.15, 0.2) is 6.40 Å². The lowest BCUT2D eigenvalue weighted by Gasteiger charge is -2.25. The zero-order valence-corrected chi connectivity index (χ0v) is 10.0. The summed E-state index contributed by atoms with van der Waals surface area (Å²) in [6.45, 7) is 4.54. The molecule has 1 aromatic rings. The van der Waals surface area contributed by atoms with Crippen LogP contribution in [0, 0.1) is 0 Å². The fraction of sp³-hybridized carbons (Fsp3) is 0.417. The Morgan fingerprint density at radius 1 is 1.50 bits per heavy atom. The minimum Gasteiger partial charge on any atom is -0.481 e. The van der Waals surface area contributed by atoms with Crippen molar-refractivity contribution in [3.05, 3.63) is 29.3 Å². The van der Waals surface area contributed by atoms with E-state index in [-0.39, 0.29) is 6.04 Å². The number of halogens is 1. The largest absolute Gasteiger partial charge is 0.481 e. The molecule has 0 saturated heterocycles. The lowest BCUT2D eigenvalue weighted by Crippen LogP contribution is -2.32. The van der Waals surface area contributed by atoms with Crippen LogP contribution in [0.15, 0.2) is 29.3 Å². The maximum Gasteiger partial charge on any atom is 0.169 e. The third-order valence-corrected chi connectivity index (χ3v) is 2.96. The Morgan fingerprint density at radius 2 is 2.31 bits per heavy atom. The topological polar surface area (TPSA) is 24.8 Å². The van der Waals surface area contributed by atoms with Gasteiger partial charge in [0.2, 0.25) is 0 Å². The molecule has 0 bridgehead atoms. The minimum atomic E-state index is 0.219. The maximum absolute atomic E-state index is 6.17. The Hall–Kier alpha value is -1.22. The summed E-state index contributed by atoms with van der Waals surface area (Å²) in [6.07, 6.45) is 1.53. The monoisotopic (exact) mass is 238 g/mol. The molecular weight excluding hydrogens is 224 g/mol. The fourth-order valence-corrected chi connectivity index (χ4v) is 2.04. The third kappa shape index (κ3) is 2.47. The third-order valence-electron chi connectivity index (χ3n) is 2.64. The van der Waals surface area contributed by atoms with E-state index in [1.165, 1.54) is 6.40 Å². The fourth-order valence-electron chi connectivity index (χ4n) is 1.79. The van der Waals surface area contributed by atoms with Crippen molar-refractivity contribution in [2.24, 2.45) is 4.99 Å². The van der Waals surface area contributed by atoms with Gasteiger partial charge in [0.05, 0.1) is 10.7 Å². The summed E-state index contributed by atoms with van der Waals surface area (Å²) in [7, 11) is 0. The predicted octanol–water partition coefficient (Wildman–Crippen LogP) is 2.59. The van der Waals surface area contributed by atoms with Gasteiger partial charge < -0.3 is 9.64 Å². The van der Waals surface area contributed by atoms with E-state index in [1.54, 1.807) is 0 Å². The van der Waals surface area contributed by atoms with E-state index in [0.29, 0.717) is 6.61 Å². The predicted molar refractivity (Wildman–Crippen MR) is 67.6 cm³/mol. The second-order valence-electron chi connectivity index (χ2n) is 3.73. The molecule has 1 heterocycles. The molecule has 0 fully saturated rings. The van der Waals surface area contributed by atoms with E-state index in [2.05, 4.69) is 16.8 Å². The molecule has 1 aliphatic heterocycles. The van der Waals surface area contributed by atoms with Gasteiger partial charge >= 0.3 is 0 Å². The first-order valence-corrected chi connectivity index (χ1v) is 5.81. The van der Waals surface area contributed by atoms with Crippen LogP contribution >= 0.6 is 11.6 Å². The van der Waals surface area contributed by atoms with Gasteiger partial charge in [-0.05, 0) is 19.1 Å². The average molecular weight is 239 g/mol. The number of nitrogens with zero attached hydrogens (tertiary/aromatic N) is 2. The molecule has 0 saturated carbocycles. The van der Waals surface area contributed by atoms with Crippen LogP contribution in [0.5, 0.6) is 0 Å². The number of rotatable bonds is 4. The van der Waals surface area contributed by atoms with Crippen LogP contribution in [0.3, 0.4) is 0 Å². The summed E-state index contributed by atoms with van der Waals surface area (Å²) >= 11 is 6.17. The standard InChI is InChI=1S/C12H15ClN2O/c1-2-15(7-10-8-16-9-14-10)12-6-4-3-5-11(12)13/h3-6,9-10H,2,7-8H2,1H3. The first-order chi connectivity index (χ1) is 7.81. The number of hydrogen-bond donors (Lipinski definition) is 0. The van der Waals surface area contributed by atoms with Gasteiger partial charge in [0.1, 0.15) is 12.6 Å². The van der Waals surface area contributed by atoms with Crippen LogP contribution in [0.2, 0.25) is 5.02 Å². The molecule has 1 unspecified atom stereocenters. The zero-order valence-electron chi connectivity index (χ0n) is 9.27. The Labute approximate surface area is 101 Å². The highest BCUT2D eigenvalue weighted by Crippen LogP contribution is 2.25. The van der Waals surface area contributed by atoms with E-state index < -0.39 is 0 Å². The molecule has 0 radical (unpaired) electrons. The van der Waals surface area contributed by atoms with E-state index in [9.17, 15) is 0 Å². The Morgan fingerprint density at radius 3 is 2.94 bits per heavy atom. The van der Waals surface area contributed by atoms with Crippen LogP contribution in [0.25, 0.3) is 0 Å². The Kier molecular flexibility index (Phi) is 3.67. The molecule has 3 nitrogen and oxygen atoms in total. The molecule has 0 aromatic heterocycles. The molecule has 4 heteroatoms. The molecule has 1 atom stereocenters. The molecule has 0 amide bonds. The molecule has 1 aromatic carbocycles. The Bertz CT molecular complexity index is 381. The second kappa shape index (κ2) is 5.21. The molecule has 0 aliphatic carbocycles. The highest BCUT2D eigenvalue weighted by atomic mass is 35.5. The molecule has 1 aliphatic rings. The summed E-state index contributed by atoms with van der Waals surface area (Å²) in [5, 5.41) is 0.784. The van der Waals surface area contributed by atoms with Crippen molar-refractivity contribution >= 4 is 23.7 Å². The smallest absolute Gasteiger partial charge is 0.169 e. The van der Waals surface area contributed by atoms with Gasteiger partial charge in [-0.25, -0.2) is 4.99 Å². The van der Waals surface area contributed by atoms with Gasteiger partial charge in [0.25, 0.3) is 0 Å². The average Bonchev–Trinajstić information content (AvgIpc) is 2.80. The van der Waals surface area contributed by atoms with Crippen LogP contribution < -0.4 is 4.90 Å².